The highest BCUT2D eigenvalue weighted by Crippen LogP contribution is 2.52. The number of carbonyl (C=O) groups is 2. The van der Waals surface area contributed by atoms with Crippen molar-refractivity contribution in [1.82, 2.24) is 19.8 Å². The molecule has 3 fully saturated rings. The van der Waals surface area contributed by atoms with Crippen LogP contribution in [0.2, 0.25) is 10.2 Å². The molecule has 1 aromatic heterocycles. The minimum Gasteiger partial charge on any atom is -0.353 e. The first-order valence-electron chi connectivity index (χ1n) is 13.2. The van der Waals surface area contributed by atoms with Gasteiger partial charge in [0.15, 0.2) is 5.16 Å². The number of aromatic nitrogens is 2. The zero-order valence-electron chi connectivity index (χ0n) is 22.4. The zero-order chi connectivity index (χ0) is 27.2. The molecule has 2 aliphatic heterocycles. The molecule has 0 spiro atoms. The van der Waals surface area contributed by atoms with Crippen LogP contribution < -0.4 is 4.90 Å². The predicted octanol–water partition coefficient (Wildman–Crippen LogP) is 5.65. The quantitative estimate of drug-likeness (QED) is 0.260. The second kappa shape index (κ2) is 10.5. The average molecular weight is 577 g/mol. The van der Waals surface area contributed by atoms with Crippen molar-refractivity contribution in [2.24, 2.45) is 10.8 Å². The second-order valence-corrected chi connectivity index (χ2v) is 13.9. The van der Waals surface area contributed by atoms with Crippen LogP contribution in [0.25, 0.3) is 0 Å². The van der Waals surface area contributed by atoms with Gasteiger partial charge in [-0.15, -0.1) is 0 Å². The summed E-state index contributed by atoms with van der Waals surface area (Å²) in [6.07, 6.45) is 3.31. The van der Waals surface area contributed by atoms with E-state index in [-0.39, 0.29) is 28.7 Å². The van der Waals surface area contributed by atoms with Gasteiger partial charge in [0.05, 0.1) is 5.75 Å². The van der Waals surface area contributed by atoms with Gasteiger partial charge in [0.2, 0.25) is 5.91 Å². The monoisotopic (exact) mass is 575 g/mol. The van der Waals surface area contributed by atoms with Crippen LogP contribution in [-0.2, 0) is 4.79 Å². The van der Waals surface area contributed by atoms with Gasteiger partial charge in [-0.05, 0) is 61.3 Å². The van der Waals surface area contributed by atoms with Crippen molar-refractivity contribution in [3.05, 3.63) is 46.1 Å². The molecule has 1 aliphatic carbocycles. The van der Waals surface area contributed by atoms with E-state index in [1.807, 2.05) is 11.8 Å². The molecule has 0 radical (unpaired) electrons. The van der Waals surface area contributed by atoms with Gasteiger partial charge in [-0.1, -0.05) is 55.7 Å². The Labute approximate surface area is 239 Å². The first kappa shape index (κ1) is 27.5. The lowest BCUT2D eigenvalue weighted by atomic mass is 9.65. The first-order chi connectivity index (χ1) is 17.9. The van der Waals surface area contributed by atoms with E-state index in [9.17, 15) is 9.59 Å². The lowest BCUT2D eigenvalue weighted by Gasteiger charge is -2.40. The first-order valence-corrected chi connectivity index (χ1v) is 14.9. The van der Waals surface area contributed by atoms with Crippen molar-refractivity contribution in [1.29, 1.82) is 0 Å². The Morgan fingerprint density at radius 1 is 1.05 bits per heavy atom. The fourth-order valence-corrected chi connectivity index (χ4v) is 7.89. The van der Waals surface area contributed by atoms with Gasteiger partial charge in [-0.2, -0.15) is 0 Å². The van der Waals surface area contributed by atoms with E-state index in [1.165, 1.54) is 11.8 Å². The zero-order valence-corrected chi connectivity index (χ0v) is 24.7. The molecule has 1 saturated carbocycles. The molecule has 3 aliphatic rings. The number of carbonyl (C=O) groups excluding carboxylic acids is 2. The van der Waals surface area contributed by atoms with Crippen LogP contribution >= 0.6 is 35.0 Å². The van der Waals surface area contributed by atoms with Crippen molar-refractivity contribution in [2.75, 3.05) is 36.8 Å². The molecule has 2 saturated heterocycles. The van der Waals surface area contributed by atoms with Gasteiger partial charge in [-0.25, -0.2) is 9.97 Å². The van der Waals surface area contributed by atoms with Gasteiger partial charge in [0.25, 0.3) is 5.91 Å². The number of piperazine rings is 1. The summed E-state index contributed by atoms with van der Waals surface area (Å²) in [6.45, 7) is 11.6. The third kappa shape index (κ3) is 5.92. The van der Waals surface area contributed by atoms with Gasteiger partial charge in [0.1, 0.15) is 11.0 Å². The maximum atomic E-state index is 13.2. The van der Waals surface area contributed by atoms with E-state index in [2.05, 4.69) is 35.6 Å². The van der Waals surface area contributed by atoms with Crippen LogP contribution in [0.4, 0.5) is 5.82 Å². The van der Waals surface area contributed by atoms with E-state index in [1.54, 1.807) is 30.3 Å². The summed E-state index contributed by atoms with van der Waals surface area (Å²) in [5.74, 6) is 1.16. The molecular weight excluding hydrogens is 541 g/mol. The standard InChI is InChI=1S/C28H35Cl2N5O2S/c1-18-14-33(9-10-34(18)25(37)19-5-7-20(29)8-6-19)23-11-22(30)31-26(32-23)38-15-24(36)35-17-28(4)13-21(35)12-27(2,3)16-28/h5-8,11,18,21H,9-10,12-17H2,1-4H3. The highest BCUT2D eigenvalue weighted by molar-refractivity contribution is 7.99. The molecule has 2 aromatic rings. The number of hydrogen-bond donors (Lipinski definition) is 0. The van der Waals surface area contributed by atoms with Crippen molar-refractivity contribution in [2.45, 2.75) is 64.2 Å². The number of anilines is 1. The molecule has 3 atom stereocenters. The highest BCUT2D eigenvalue weighted by Gasteiger charge is 2.50. The fraction of sp³-hybridized carbons (Fsp3) is 0.571. The number of benzene rings is 1. The largest absolute Gasteiger partial charge is 0.353 e. The Kier molecular flexibility index (Phi) is 7.61. The van der Waals surface area contributed by atoms with E-state index < -0.39 is 0 Å². The van der Waals surface area contributed by atoms with E-state index in [4.69, 9.17) is 28.2 Å². The topological polar surface area (TPSA) is 69.6 Å². The van der Waals surface area contributed by atoms with Crippen LogP contribution in [0, 0.1) is 10.8 Å². The highest BCUT2D eigenvalue weighted by atomic mass is 35.5. The van der Waals surface area contributed by atoms with E-state index in [0.29, 0.717) is 52.3 Å². The summed E-state index contributed by atoms with van der Waals surface area (Å²) in [4.78, 5) is 41.5. The summed E-state index contributed by atoms with van der Waals surface area (Å²) in [5.41, 5.74) is 1.11. The van der Waals surface area contributed by atoms with E-state index in [0.717, 1.165) is 31.6 Å². The molecule has 38 heavy (non-hydrogen) atoms. The molecule has 2 bridgehead atoms. The molecule has 3 unspecified atom stereocenters. The number of amides is 2. The van der Waals surface area contributed by atoms with Gasteiger partial charge in [0, 0.05) is 54.9 Å². The van der Waals surface area contributed by atoms with E-state index >= 15 is 0 Å². The van der Waals surface area contributed by atoms with Crippen molar-refractivity contribution >= 4 is 52.6 Å². The van der Waals surface area contributed by atoms with Crippen molar-refractivity contribution < 1.29 is 9.59 Å². The third-order valence-corrected chi connectivity index (χ3v) is 9.30. The Morgan fingerprint density at radius 2 is 1.79 bits per heavy atom. The Hall–Kier alpha value is -2.03. The van der Waals surface area contributed by atoms with Gasteiger partial charge >= 0.3 is 0 Å². The number of thioether (sulfide) groups is 1. The number of likely N-dealkylation sites (tertiary alicyclic amines) is 1. The molecule has 7 nitrogen and oxygen atoms in total. The normalized spacial score (nSPS) is 26.5. The summed E-state index contributed by atoms with van der Waals surface area (Å²) in [6, 6.07) is 9.05. The molecule has 204 valence electrons. The summed E-state index contributed by atoms with van der Waals surface area (Å²) in [7, 11) is 0. The number of hydrogen-bond acceptors (Lipinski definition) is 6. The fourth-order valence-electron chi connectivity index (χ4n) is 6.80. The third-order valence-electron chi connectivity index (χ3n) is 8.02. The number of fused-ring (bicyclic) bond motifs is 2. The Balaban J connectivity index is 1.21. The molecule has 5 rings (SSSR count). The number of halogens is 2. The SMILES string of the molecule is CC1CN(c2cc(Cl)nc(SCC(=O)N3CC4(C)CC3CC(C)(C)C4)n2)CCN1C(=O)c1ccc(Cl)cc1. The summed E-state index contributed by atoms with van der Waals surface area (Å²) >= 11 is 13.7. The minimum absolute atomic E-state index is 0.00652. The molecule has 3 heterocycles. The molecule has 0 N–H and O–H groups in total. The predicted molar refractivity (Wildman–Crippen MR) is 153 cm³/mol. The minimum atomic E-state index is -0.0153. The van der Waals surface area contributed by atoms with Crippen LogP contribution in [0.15, 0.2) is 35.5 Å². The van der Waals surface area contributed by atoms with Crippen LogP contribution in [0.5, 0.6) is 0 Å². The van der Waals surface area contributed by atoms with Crippen LogP contribution in [-0.4, -0.2) is 75.6 Å². The molecule has 1 aromatic carbocycles. The van der Waals surface area contributed by atoms with Crippen molar-refractivity contribution in [3.63, 3.8) is 0 Å². The van der Waals surface area contributed by atoms with Crippen LogP contribution in [0.1, 0.15) is 57.3 Å². The molecular formula is C28H35Cl2N5O2S. The maximum Gasteiger partial charge on any atom is 0.254 e. The van der Waals surface area contributed by atoms with Gasteiger partial charge in [-0.3, -0.25) is 9.59 Å². The number of nitrogens with zero attached hydrogens (tertiary/aromatic N) is 5. The maximum absolute atomic E-state index is 13.2. The smallest absolute Gasteiger partial charge is 0.254 e. The summed E-state index contributed by atoms with van der Waals surface area (Å²) in [5, 5.41) is 1.46. The van der Waals surface area contributed by atoms with Gasteiger partial charge < -0.3 is 14.7 Å². The average Bonchev–Trinajstić information content (AvgIpc) is 3.10. The molecule has 2 amide bonds. The molecule has 10 heteroatoms. The Bertz CT molecular complexity index is 1230. The number of rotatable bonds is 5. The lowest BCUT2D eigenvalue weighted by molar-refractivity contribution is -0.129. The van der Waals surface area contributed by atoms with Crippen molar-refractivity contribution in [3.8, 4) is 0 Å². The second-order valence-electron chi connectivity index (χ2n) is 12.2. The van der Waals surface area contributed by atoms with Crippen LogP contribution in [0.3, 0.4) is 0 Å². The lowest BCUT2D eigenvalue weighted by Crippen LogP contribution is -2.54. The Morgan fingerprint density at radius 3 is 2.50 bits per heavy atom. The summed E-state index contributed by atoms with van der Waals surface area (Å²) < 4.78 is 0.